The van der Waals surface area contributed by atoms with Crippen molar-refractivity contribution < 1.29 is 9.42 Å². The summed E-state index contributed by atoms with van der Waals surface area (Å²) in [6.07, 6.45) is 1.53. The molecule has 0 radical (unpaired) electrons. The lowest BCUT2D eigenvalue weighted by Crippen LogP contribution is -2.19. The highest BCUT2D eigenvalue weighted by atomic mass is 16.6. The van der Waals surface area contributed by atoms with Crippen LogP contribution in [0.15, 0.2) is 34.0 Å². The molecule has 3 N–H and O–H groups in total. The molecule has 0 fully saturated rings. The zero-order valence-corrected chi connectivity index (χ0v) is 11.2. The molecule has 0 saturated carbocycles. The second-order valence-electron chi connectivity index (χ2n) is 4.52. The van der Waals surface area contributed by atoms with E-state index in [-0.39, 0.29) is 11.5 Å². The number of benzene rings is 1. The molecule has 0 aliphatic carbocycles. The topological polar surface area (TPSA) is 106 Å². The van der Waals surface area contributed by atoms with Gasteiger partial charge in [0.2, 0.25) is 11.5 Å². The lowest BCUT2D eigenvalue weighted by molar-refractivity contribution is 0.0946. The zero-order chi connectivity index (χ0) is 14.5. The molecule has 0 unspecified atom stereocenters. The molecule has 104 valence electrons. The number of carbonyl (C=O) groups is 1. The lowest BCUT2D eigenvalue weighted by atomic mass is 10.0. The summed E-state index contributed by atoms with van der Waals surface area (Å²) in [6, 6.07) is 7.90. The van der Waals surface area contributed by atoms with Crippen LogP contribution in [0.1, 0.15) is 41.4 Å². The summed E-state index contributed by atoms with van der Waals surface area (Å²) in [5, 5.41) is 10.5. The summed E-state index contributed by atoms with van der Waals surface area (Å²) < 4.78 is 4.33. The van der Waals surface area contributed by atoms with Crippen LogP contribution in [-0.4, -0.2) is 22.4 Å². The summed E-state index contributed by atoms with van der Waals surface area (Å²) in [5.74, 6) is -0.166. The van der Waals surface area contributed by atoms with Gasteiger partial charge in [0.05, 0.1) is 6.21 Å². The normalized spacial score (nSPS) is 11.2. The van der Waals surface area contributed by atoms with E-state index in [0.717, 1.165) is 5.56 Å². The Morgan fingerprint density at radius 2 is 2.05 bits per heavy atom. The number of rotatable bonds is 4. The minimum absolute atomic E-state index is 0.0704. The van der Waals surface area contributed by atoms with Crippen molar-refractivity contribution in [2.24, 2.45) is 5.10 Å². The Bertz CT molecular complexity index is 616. The second-order valence-corrected chi connectivity index (χ2v) is 4.52. The largest absolute Gasteiger partial charge is 0.379 e. The number of hydrogen-bond acceptors (Lipinski definition) is 6. The van der Waals surface area contributed by atoms with Crippen LogP contribution in [0.25, 0.3) is 0 Å². The molecular formula is C13H15N5O2. The molecule has 0 aliphatic rings. The van der Waals surface area contributed by atoms with Gasteiger partial charge in [0.25, 0.3) is 5.91 Å². The fourth-order valence-electron chi connectivity index (χ4n) is 1.54. The molecule has 2 aromatic rings. The first-order valence-corrected chi connectivity index (χ1v) is 6.09. The third kappa shape index (κ3) is 3.19. The van der Waals surface area contributed by atoms with Crippen molar-refractivity contribution in [2.45, 2.75) is 19.8 Å². The average Bonchev–Trinajstić information content (AvgIpc) is 2.85. The van der Waals surface area contributed by atoms with E-state index in [4.69, 9.17) is 5.73 Å². The van der Waals surface area contributed by atoms with Crippen LogP contribution in [-0.2, 0) is 0 Å². The molecule has 2 rings (SSSR count). The number of hydrazone groups is 1. The number of nitrogens with two attached hydrogens (primary N) is 1. The SMILES string of the molecule is CC(C)c1ccc(C=NNC(=O)c2nonc2N)cc1. The molecule has 7 nitrogen and oxygen atoms in total. The molecule has 0 aliphatic heterocycles. The van der Waals surface area contributed by atoms with Crippen LogP contribution in [0.2, 0.25) is 0 Å². The Kier molecular flexibility index (Phi) is 4.09. The number of nitrogens with zero attached hydrogens (tertiary/aromatic N) is 3. The van der Waals surface area contributed by atoms with Gasteiger partial charge >= 0.3 is 0 Å². The molecule has 1 aromatic heterocycles. The van der Waals surface area contributed by atoms with Crippen LogP contribution < -0.4 is 11.2 Å². The van der Waals surface area contributed by atoms with Crippen molar-refractivity contribution in [3.8, 4) is 0 Å². The summed E-state index contributed by atoms with van der Waals surface area (Å²) in [4.78, 5) is 11.6. The smallest absolute Gasteiger partial charge is 0.297 e. The minimum Gasteiger partial charge on any atom is -0.379 e. The Hall–Kier alpha value is -2.70. The van der Waals surface area contributed by atoms with Gasteiger partial charge in [0.15, 0.2) is 0 Å². The zero-order valence-electron chi connectivity index (χ0n) is 11.2. The van der Waals surface area contributed by atoms with Crippen LogP contribution >= 0.6 is 0 Å². The van der Waals surface area contributed by atoms with Crippen LogP contribution in [0, 0.1) is 0 Å². The van der Waals surface area contributed by atoms with Gasteiger partial charge in [-0.25, -0.2) is 10.1 Å². The highest BCUT2D eigenvalue weighted by Gasteiger charge is 2.14. The number of nitrogen functional groups attached to an aromatic ring is 1. The van der Waals surface area contributed by atoms with Crippen LogP contribution in [0.4, 0.5) is 5.82 Å². The maximum absolute atomic E-state index is 11.6. The molecule has 20 heavy (non-hydrogen) atoms. The standard InChI is InChI=1S/C13H15N5O2/c1-8(2)10-5-3-9(4-6-10)7-15-16-13(19)11-12(14)18-20-17-11/h3-8H,1-2H3,(H2,14,18)(H,16,19). The van der Waals surface area contributed by atoms with Gasteiger partial charge in [-0.2, -0.15) is 5.10 Å². The third-order valence-electron chi connectivity index (χ3n) is 2.71. The molecule has 0 bridgehead atoms. The first-order chi connectivity index (χ1) is 9.58. The predicted molar refractivity (Wildman–Crippen MR) is 74.3 cm³/mol. The Balaban J connectivity index is 1.96. The van der Waals surface area contributed by atoms with Gasteiger partial charge in [-0.1, -0.05) is 38.1 Å². The van der Waals surface area contributed by atoms with E-state index in [1.165, 1.54) is 11.8 Å². The molecule has 1 aromatic carbocycles. The van der Waals surface area contributed by atoms with E-state index in [0.29, 0.717) is 5.92 Å². The van der Waals surface area contributed by atoms with E-state index in [1.54, 1.807) is 0 Å². The van der Waals surface area contributed by atoms with Crippen molar-refractivity contribution >= 4 is 17.9 Å². The molecule has 0 saturated heterocycles. The highest BCUT2D eigenvalue weighted by Crippen LogP contribution is 2.13. The Morgan fingerprint density at radius 1 is 1.35 bits per heavy atom. The van der Waals surface area contributed by atoms with Gasteiger partial charge in [-0.3, -0.25) is 4.79 Å². The average molecular weight is 273 g/mol. The first-order valence-electron chi connectivity index (χ1n) is 6.09. The summed E-state index contributed by atoms with van der Waals surface area (Å²) >= 11 is 0. The summed E-state index contributed by atoms with van der Waals surface area (Å²) in [5.41, 5.74) is 9.72. The monoisotopic (exact) mass is 273 g/mol. The number of amides is 1. The number of carbonyl (C=O) groups excluding carboxylic acids is 1. The van der Waals surface area contributed by atoms with E-state index in [2.05, 4.69) is 39.3 Å². The summed E-state index contributed by atoms with van der Waals surface area (Å²) in [7, 11) is 0. The maximum Gasteiger partial charge on any atom is 0.297 e. The van der Waals surface area contributed by atoms with E-state index >= 15 is 0 Å². The molecule has 0 atom stereocenters. The van der Waals surface area contributed by atoms with Crippen molar-refractivity contribution in [3.05, 3.63) is 41.1 Å². The van der Waals surface area contributed by atoms with Crippen molar-refractivity contribution in [3.63, 3.8) is 0 Å². The minimum atomic E-state index is -0.571. The van der Waals surface area contributed by atoms with E-state index in [9.17, 15) is 4.79 Å². The lowest BCUT2D eigenvalue weighted by Gasteiger charge is -2.04. The van der Waals surface area contributed by atoms with Crippen LogP contribution in [0.5, 0.6) is 0 Å². The molecule has 7 heteroatoms. The van der Waals surface area contributed by atoms with Gasteiger partial charge in [-0.15, -0.1) is 0 Å². The van der Waals surface area contributed by atoms with E-state index < -0.39 is 5.91 Å². The fourth-order valence-corrected chi connectivity index (χ4v) is 1.54. The number of nitrogens with one attached hydrogen (secondary N) is 1. The summed E-state index contributed by atoms with van der Waals surface area (Å²) in [6.45, 7) is 4.25. The molecule has 0 spiro atoms. The number of anilines is 1. The Morgan fingerprint density at radius 3 is 2.60 bits per heavy atom. The quantitative estimate of drug-likeness (QED) is 0.649. The van der Waals surface area contributed by atoms with Gasteiger partial charge in [-0.05, 0) is 27.4 Å². The Labute approximate surface area is 115 Å². The second kappa shape index (κ2) is 5.96. The maximum atomic E-state index is 11.6. The highest BCUT2D eigenvalue weighted by molar-refractivity contribution is 5.96. The van der Waals surface area contributed by atoms with Crippen LogP contribution in [0.3, 0.4) is 0 Å². The van der Waals surface area contributed by atoms with Gasteiger partial charge < -0.3 is 5.73 Å². The first kappa shape index (κ1) is 13.7. The van der Waals surface area contributed by atoms with E-state index in [1.807, 2.05) is 24.3 Å². The number of aromatic nitrogens is 2. The van der Waals surface area contributed by atoms with Crippen molar-refractivity contribution in [1.29, 1.82) is 0 Å². The van der Waals surface area contributed by atoms with Crippen molar-refractivity contribution in [2.75, 3.05) is 5.73 Å². The molecule has 1 heterocycles. The fraction of sp³-hybridized carbons (Fsp3) is 0.231. The van der Waals surface area contributed by atoms with Crippen molar-refractivity contribution in [1.82, 2.24) is 15.7 Å². The predicted octanol–water partition coefficient (Wildman–Crippen LogP) is 1.54. The molecule has 1 amide bonds. The third-order valence-corrected chi connectivity index (χ3v) is 2.71. The molecular weight excluding hydrogens is 258 g/mol. The number of hydrogen-bond donors (Lipinski definition) is 2. The van der Waals surface area contributed by atoms with Gasteiger partial charge in [0.1, 0.15) is 0 Å². The van der Waals surface area contributed by atoms with Gasteiger partial charge in [0, 0.05) is 0 Å².